The number of nitro groups is 1. The van der Waals surface area contributed by atoms with Crippen molar-refractivity contribution in [2.45, 2.75) is 33.3 Å². The largest absolute Gasteiger partial charge is 0.393 e. The molecule has 5 heteroatoms. The predicted octanol–water partition coefficient (Wildman–Crippen LogP) is 3.55. The first-order valence-corrected chi connectivity index (χ1v) is 6.73. The van der Waals surface area contributed by atoms with Crippen molar-refractivity contribution in [3.8, 4) is 0 Å². The second-order valence-corrected chi connectivity index (χ2v) is 5.80. The molecule has 0 radical (unpaired) electrons. The van der Waals surface area contributed by atoms with Crippen molar-refractivity contribution < 1.29 is 10.0 Å². The third-order valence-electron chi connectivity index (χ3n) is 3.18. The summed E-state index contributed by atoms with van der Waals surface area (Å²) in [5.74, 6) is 0.290. The standard InChI is InChI=1S/C13H18BrNO3/c1-8(2)12(9(3)16)6-10-4-5-11(14)7-13(10)15(17)18/h4-5,7-9,12,16H,6H2,1-3H3. The SMILES string of the molecule is CC(C)C(Cc1ccc(Br)cc1[N+](=O)[O-])C(C)O. The Morgan fingerprint density at radius 3 is 2.44 bits per heavy atom. The summed E-state index contributed by atoms with van der Waals surface area (Å²) in [6, 6.07) is 5.05. The molecular formula is C13H18BrNO3. The maximum Gasteiger partial charge on any atom is 0.273 e. The molecule has 0 amide bonds. The van der Waals surface area contributed by atoms with E-state index in [1.165, 1.54) is 6.07 Å². The van der Waals surface area contributed by atoms with Crippen LogP contribution in [0.2, 0.25) is 0 Å². The summed E-state index contributed by atoms with van der Waals surface area (Å²) in [5, 5.41) is 20.8. The van der Waals surface area contributed by atoms with E-state index in [4.69, 9.17) is 0 Å². The summed E-state index contributed by atoms with van der Waals surface area (Å²) in [5.41, 5.74) is 0.776. The van der Waals surface area contributed by atoms with E-state index in [0.29, 0.717) is 16.5 Å². The van der Waals surface area contributed by atoms with Crippen molar-refractivity contribution in [3.05, 3.63) is 38.3 Å². The monoisotopic (exact) mass is 315 g/mol. The van der Waals surface area contributed by atoms with E-state index in [9.17, 15) is 15.2 Å². The van der Waals surface area contributed by atoms with Gasteiger partial charge in [-0.2, -0.15) is 0 Å². The van der Waals surface area contributed by atoms with Gasteiger partial charge in [0, 0.05) is 16.1 Å². The minimum absolute atomic E-state index is 0.0184. The highest BCUT2D eigenvalue weighted by molar-refractivity contribution is 9.10. The van der Waals surface area contributed by atoms with Gasteiger partial charge in [0.15, 0.2) is 0 Å². The molecule has 0 heterocycles. The lowest BCUT2D eigenvalue weighted by atomic mass is 9.85. The van der Waals surface area contributed by atoms with Crippen LogP contribution in [0, 0.1) is 22.0 Å². The number of nitro benzene ring substituents is 1. The van der Waals surface area contributed by atoms with Crippen LogP contribution in [0.4, 0.5) is 5.69 Å². The van der Waals surface area contributed by atoms with Gasteiger partial charge >= 0.3 is 0 Å². The molecule has 100 valence electrons. The maximum atomic E-state index is 11.0. The van der Waals surface area contributed by atoms with Crippen molar-refractivity contribution in [1.82, 2.24) is 0 Å². The van der Waals surface area contributed by atoms with Gasteiger partial charge in [-0.3, -0.25) is 10.1 Å². The van der Waals surface area contributed by atoms with E-state index in [1.54, 1.807) is 19.1 Å². The second kappa shape index (κ2) is 6.29. The van der Waals surface area contributed by atoms with Gasteiger partial charge in [0.25, 0.3) is 5.69 Å². The van der Waals surface area contributed by atoms with Crippen LogP contribution in [0.1, 0.15) is 26.3 Å². The van der Waals surface area contributed by atoms with E-state index >= 15 is 0 Å². The molecule has 0 aromatic heterocycles. The van der Waals surface area contributed by atoms with Gasteiger partial charge < -0.3 is 5.11 Å². The average molecular weight is 316 g/mol. The molecule has 1 aromatic rings. The molecule has 1 N–H and O–H groups in total. The minimum Gasteiger partial charge on any atom is -0.393 e. The molecule has 0 saturated carbocycles. The third-order valence-corrected chi connectivity index (χ3v) is 3.67. The third kappa shape index (κ3) is 3.78. The Morgan fingerprint density at radius 1 is 1.39 bits per heavy atom. The zero-order valence-corrected chi connectivity index (χ0v) is 12.3. The molecule has 0 aliphatic heterocycles. The fourth-order valence-electron chi connectivity index (χ4n) is 2.10. The summed E-state index contributed by atoms with van der Waals surface area (Å²) >= 11 is 3.23. The van der Waals surface area contributed by atoms with Gasteiger partial charge in [-0.05, 0) is 31.2 Å². The highest BCUT2D eigenvalue weighted by Gasteiger charge is 2.23. The Balaban J connectivity index is 3.06. The fraction of sp³-hybridized carbons (Fsp3) is 0.538. The first kappa shape index (κ1) is 15.1. The average Bonchev–Trinajstić information content (AvgIpc) is 2.25. The van der Waals surface area contributed by atoms with Crippen molar-refractivity contribution in [2.75, 3.05) is 0 Å². The summed E-state index contributed by atoms with van der Waals surface area (Å²) < 4.78 is 0.691. The summed E-state index contributed by atoms with van der Waals surface area (Å²) in [6.45, 7) is 5.76. The molecule has 1 aromatic carbocycles. The highest BCUT2D eigenvalue weighted by atomic mass is 79.9. The number of benzene rings is 1. The van der Waals surface area contributed by atoms with Crippen LogP contribution >= 0.6 is 15.9 Å². The van der Waals surface area contributed by atoms with E-state index < -0.39 is 6.10 Å². The second-order valence-electron chi connectivity index (χ2n) is 4.88. The van der Waals surface area contributed by atoms with E-state index in [0.717, 1.165) is 0 Å². The van der Waals surface area contributed by atoms with Crippen molar-refractivity contribution in [1.29, 1.82) is 0 Å². The molecule has 0 fully saturated rings. The number of aliphatic hydroxyl groups is 1. The smallest absolute Gasteiger partial charge is 0.273 e. The van der Waals surface area contributed by atoms with Crippen LogP contribution in [0.3, 0.4) is 0 Å². The van der Waals surface area contributed by atoms with Crippen molar-refractivity contribution in [3.63, 3.8) is 0 Å². The lowest BCUT2D eigenvalue weighted by molar-refractivity contribution is -0.385. The number of rotatable bonds is 5. The number of aliphatic hydroxyl groups excluding tert-OH is 1. The van der Waals surface area contributed by atoms with Crippen LogP contribution < -0.4 is 0 Å². The lowest BCUT2D eigenvalue weighted by Crippen LogP contribution is -2.24. The van der Waals surface area contributed by atoms with Gasteiger partial charge in [0.1, 0.15) is 0 Å². The Labute approximate surface area is 115 Å². The lowest BCUT2D eigenvalue weighted by Gasteiger charge is -2.23. The highest BCUT2D eigenvalue weighted by Crippen LogP contribution is 2.29. The zero-order valence-electron chi connectivity index (χ0n) is 10.8. The summed E-state index contributed by atoms with van der Waals surface area (Å²) in [4.78, 5) is 10.6. The van der Waals surface area contributed by atoms with Gasteiger partial charge in [-0.25, -0.2) is 0 Å². The molecule has 18 heavy (non-hydrogen) atoms. The molecule has 0 aliphatic carbocycles. The molecule has 4 nitrogen and oxygen atoms in total. The Hall–Kier alpha value is -0.940. The van der Waals surface area contributed by atoms with Crippen LogP contribution in [0.15, 0.2) is 22.7 Å². The van der Waals surface area contributed by atoms with Crippen molar-refractivity contribution in [2.24, 2.45) is 11.8 Å². The number of nitrogens with zero attached hydrogens (tertiary/aromatic N) is 1. The van der Waals surface area contributed by atoms with Crippen LogP contribution in [0.5, 0.6) is 0 Å². The number of hydrogen-bond donors (Lipinski definition) is 1. The van der Waals surface area contributed by atoms with E-state index in [-0.39, 0.29) is 22.4 Å². The zero-order chi connectivity index (χ0) is 13.9. The summed E-state index contributed by atoms with van der Waals surface area (Å²) in [6.07, 6.45) is 0.0344. The van der Waals surface area contributed by atoms with Gasteiger partial charge in [0.2, 0.25) is 0 Å². The number of halogens is 1. The first-order valence-electron chi connectivity index (χ1n) is 5.93. The van der Waals surface area contributed by atoms with Gasteiger partial charge in [0.05, 0.1) is 11.0 Å². The molecule has 1 rings (SSSR count). The molecule has 2 atom stereocenters. The Kier molecular flexibility index (Phi) is 5.28. The number of hydrogen-bond acceptors (Lipinski definition) is 3. The van der Waals surface area contributed by atoms with Gasteiger partial charge in [-0.15, -0.1) is 0 Å². The molecule has 0 spiro atoms. The fourth-order valence-corrected chi connectivity index (χ4v) is 2.45. The molecule has 0 aliphatic rings. The van der Waals surface area contributed by atoms with Crippen LogP contribution in [-0.4, -0.2) is 16.1 Å². The minimum atomic E-state index is -0.478. The first-order chi connectivity index (χ1) is 8.32. The maximum absolute atomic E-state index is 11.0. The van der Waals surface area contributed by atoms with E-state index in [1.807, 2.05) is 13.8 Å². The summed E-state index contributed by atoms with van der Waals surface area (Å²) in [7, 11) is 0. The Morgan fingerprint density at radius 2 is 2.00 bits per heavy atom. The molecule has 0 saturated heterocycles. The Bertz CT molecular complexity index is 424. The van der Waals surface area contributed by atoms with Crippen molar-refractivity contribution >= 4 is 21.6 Å². The quantitative estimate of drug-likeness (QED) is 0.667. The van der Waals surface area contributed by atoms with Gasteiger partial charge in [-0.1, -0.05) is 35.8 Å². The molecule has 0 bridgehead atoms. The normalized spacial score (nSPS) is 14.6. The van der Waals surface area contributed by atoms with E-state index in [2.05, 4.69) is 15.9 Å². The molecular weight excluding hydrogens is 298 g/mol. The topological polar surface area (TPSA) is 63.4 Å². The van der Waals surface area contributed by atoms with Crippen LogP contribution in [0.25, 0.3) is 0 Å². The van der Waals surface area contributed by atoms with Crippen LogP contribution in [-0.2, 0) is 6.42 Å². The predicted molar refractivity (Wildman–Crippen MR) is 74.5 cm³/mol. The molecule has 2 unspecified atom stereocenters.